The molecule has 0 aliphatic heterocycles. The second kappa shape index (κ2) is 9.78. The average molecular weight is 465 g/mol. The molecule has 0 fully saturated rings. The minimum absolute atomic E-state index is 0.0665. The molecule has 0 aromatic heterocycles. The molecule has 0 heterocycles. The Morgan fingerprint density at radius 1 is 1.07 bits per heavy atom. The molecule has 0 spiro atoms. The average Bonchev–Trinajstić information content (AvgIpc) is 2.68. The van der Waals surface area contributed by atoms with E-state index in [1.54, 1.807) is 25.1 Å². The monoisotopic (exact) mass is 464 g/mol. The number of amides is 1. The van der Waals surface area contributed by atoms with Gasteiger partial charge in [-0.05, 0) is 43.7 Å². The normalized spacial score (nSPS) is 10.2. The largest absolute Gasteiger partial charge is 0.462 e. The van der Waals surface area contributed by atoms with Crippen molar-refractivity contribution in [3.05, 3.63) is 67.7 Å². The van der Waals surface area contributed by atoms with Crippen LogP contribution in [0.1, 0.15) is 33.2 Å². The third-order valence-electron chi connectivity index (χ3n) is 3.65. The molecular weight excluding hydrogens is 448 g/mol. The zero-order chi connectivity index (χ0) is 21.6. The Kier molecular flexibility index (Phi) is 7.43. The van der Waals surface area contributed by atoms with Gasteiger partial charge in [-0.3, -0.25) is 14.9 Å². The molecule has 0 bridgehead atoms. The van der Waals surface area contributed by atoms with E-state index in [2.05, 4.69) is 21.2 Å². The Morgan fingerprint density at radius 3 is 2.24 bits per heavy atom. The number of rotatable bonds is 7. The van der Waals surface area contributed by atoms with Crippen LogP contribution in [-0.2, 0) is 14.3 Å². The molecule has 0 saturated carbocycles. The Morgan fingerprint density at radius 2 is 1.69 bits per heavy atom. The summed E-state index contributed by atoms with van der Waals surface area (Å²) < 4.78 is 10.6. The summed E-state index contributed by atoms with van der Waals surface area (Å²) in [7, 11) is 0. The molecule has 1 amide bonds. The highest BCUT2D eigenvalue weighted by Crippen LogP contribution is 2.21. The standard InChI is InChI=1S/C19H17BrN2O7/c1-3-28-18(24)12-7-13(9-15(8-12)22(26)27)19(25)29-10-17(23)21-14-4-5-16(20)11(2)6-14/h4-9H,3,10H2,1-2H3,(H,21,23). The van der Waals surface area contributed by atoms with Gasteiger partial charge in [-0.25, -0.2) is 9.59 Å². The predicted molar refractivity (Wildman–Crippen MR) is 107 cm³/mol. The molecule has 2 rings (SSSR count). The molecule has 9 nitrogen and oxygen atoms in total. The van der Waals surface area contributed by atoms with Gasteiger partial charge in [0, 0.05) is 22.3 Å². The highest BCUT2D eigenvalue weighted by molar-refractivity contribution is 9.10. The molecule has 1 N–H and O–H groups in total. The number of non-ortho nitro benzene ring substituents is 1. The highest BCUT2D eigenvalue weighted by Gasteiger charge is 2.20. The van der Waals surface area contributed by atoms with Crippen molar-refractivity contribution in [2.24, 2.45) is 0 Å². The van der Waals surface area contributed by atoms with E-state index in [4.69, 9.17) is 9.47 Å². The quantitative estimate of drug-likeness (QED) is 0.376. The second-order valence-electron chi connectivity index (χ2n) is 5.83. The van der Waals surface area contributed by atoms with Gasteiger partial charge in [0.1, 0.15) is 0 Å². The Labute approximate surface area is 174 Å². The van der Waals surface area contributed by atoms with Gasteiger partial charge in [0.05, 0.1) is 22.7 Å². The number of hydrogen-bond donors (Lipinski definition) is 1. The number of nitro groups is 1. The SMILES string of the molecule is CCOC(=O)c1cc(C(=O)OCC(=O)Nc2ccc(Br)c(C)c2)cc([N+](=O)[O-])c1. The van der Waals surface area contributed by atoms with Crippen LogP contribution in [0.4, 0.5) is 11.4 Å². The third kappa shape index (κ3) is 6.11. The minimum Gasteiger partial charge on any atom is -0.462 e. The first-order chi connectivity index (χ1) is 13.7. The van der Waals surface area contributed by atoms with Gasteiger partial charge in [0.25, 0.3) is 11.6 Å². The van der Waals surface area contributed by atoms with Crippen molar-refractivity contribution in [2.45, 2.75) is 13.8 Å². The van der Waals surface area contributed by atoms with Crippen LogP contribution in [0, 0.1) is 17.0 Å². The number of aryl methyl sites for hydroxylation is 1. The molecule has 152 valence electrons. The molecule has 29 heavy (non-hydrogen) atoms. The highest BCUT2D eigenvalue weighted by atomic mass is 79.9. The molecule has 0 atom stereocenters. The van der Waals surface area contributed by atoms with Crippen LogP contribution in [0.25, 0.3) is 0 Å². The molecule has 0 saturated heterocycles. The van der Waals surface area contributed by atoms with Crippen LogP contribution in [0.5, 0.6) is 0 Å². The molecule has 0 unspecified atom stereocenters. The van der Waals surface area contributed by atoms with Gasteiger partial charge in [-0.15, -0.1) is 0 Å². The number of nitrogens with one attached hydrogen (secondary N) is 1. The van der Waals surface area contributed by atoms with Crippen LogP contribution in [-0.4, -0.2) is 36.0 Å². The van der Waals surface area contributed by atoms with Gasteiger partial charge in [0.2, 0.25) is 0 Å². The zero-order valence-electron chi connectivity index (χ0n) is 15.6. The second-order valence-corrected chi connectivity index (χ2v) is 6.69. The van der Waals surface area contributed by atoms with Gasteiger partial charge < -0.3 is 14.8 Å². The summed E-state index contributed by atoms with van der Waals surface area (Å²) in [6.07, 6.45) is 0. The summed E-state index contributed by atoms with van der Waals surface area (Å²) in [6, 6.07) is 8.23. The summed E-state index contributed by atoms with van der Waals surface area (Å²) in [5.41, 5.74) is 0.546. The first-order valence-corrected chi connectivity index (χ1v) is 9.20. The van der Waals surface area contributed by atoms with E-state index < -0.39 is 35.1 Å². The number of halogens is 1. The maximum atomic E-state index is 12.2. The van der Waals surface area contributed by atoms with E-state index in [-0.39, 0.29) is 17.7 Å². The van der Waals surface area contributed by atoms with Crippen molar-refractivity contribution in [1.82, 2.24) is 0 Å². The third-order valence-corrected chi connectivity index (χ3v) is 4.54. The number of nitro benzene ring substituents is 1. The summed E-state index contributed by atoms with van der Waals surface area (Å²) in [5, 5.41) is 13.6. The number of hydrogen-bond acceptors (Lipinski definition) is 7. The summed E-state index contributed by atoms with van der Waals surface area (Å²) in [5.74, 6) is -2.38. The van der Waals surface area contributed by atoms with E-state index in [1.807, 2.05) is 6.92 Å². The maximum absolute atomic E-state index is 12.2. The van der Waals surface area contributed by atoms with Gasteiger partial charge >= 0.3 is 11.9 Å². The van der Waals surface area contributed by atoms with E-state index in [0.29, 0.717) is 5.69 Å². The van der Waals surface area contributed by atoms with Crippen LogP contribution in [0.2, 0.25) is 0 Å². The minimum atomic E-state index is -0.985. The molecule has 10 heteroatoms. The van der Waals surface area contributed by atoms with E-state index in [9.17, 15) is 24.5 Å². The van der Waals surface area contributed by atoms with Gasteiger partial charge in [-0.2, -0.15) is 0 Å². The van der Waals surface area contributed by atoms with Crippen molar-refractivity contribution in [1.29, 1.82) is 0 Å². The summed E-state index contributed by atoms with van der Waals surface area (Å²) in [6.45, 7) is 2.89. The Bertz CT molecular complexity index is 975. The number of ether oxygens (including phenoxy) is 2. The van der Waals surface area contributed by atoms with Crippen LogP contribution in [0.15, 0.2) is 40.9 Å². The molecule has 2 aromatic rings. The smallest absolute Gasteiger partial charge is 0.338 e. The van der Waals surface area contributed by atoms with Crippen molar-refractivity contribution >= 4 is 45.2 Å². The first kappa shape index (κ1) is 22.0. The topological polar surface area (TPSA) is 125 Å². The summed E-state index contributed by atoms with van der Waals surface area (Å²) >= 11 is 3.35. The number of benzene rings is 2. The predicted octanol–water partition coefficient (Wildman–Crippen LogP) is 3.64. The molecule has 0 radical (unpaired) electrons. The first-order valence-electron chi connectivity index (χ1n) is 8.41. The van der Waals surface area contributed by atoms with Crippen molar-refractivity contribution < 1.29 is 28.8 Å². The lowest BCUT2D eigenvalue weighted by Gasteiger charge is -2.09. The number of anilines is 1. The Hall–Kier alpha value is -3.27. The molecule has 2 aromatic carbocycles. The molecular formula is C19H17BrN2O7. The van der Waals surface area contributed by atoms with E-state index in [1.165, 1.54) is 0 Å². The number of carbonyl (C=O) groups excluding carboxylic acids is 3. The fourth-order valence-electron chi connectivity index (χ4n) is 2.30. The van der Waals surface area contributed by atoms with Crippen molar-refractivity contribution in [3.63, 3.8) is 0 Å². The van der Waals surface area contributed by atoms with Gasteiger partial charge in [-0.1, -0.05) is 15.9 Å². The molecule has 0 aliphatic rings. The van der Waals surface area contributed by atoms with Gasteiger partial charge in [0.15, 0.2) is 6.61 Å². The number of nitrogens with zero attached hydrogens (tertiary/aromatic N) is 1. The fraction of sp³-hybridized carbons (Fsp3) is 0.211. The van der Waals surface area contributed by atoms with Crippen LogP contribution >= 0.6 is 15.9 Å². The zero-order valence-corrected chi connectivity index (χ0v) is 17.1. The van der Waals surface area contributed by atoms with E-state index in [0.717, 1.165) is 28.2 Å². The van der Waals surface area contributed by atoms with Crippen molar-refractivity contribution in [2.75, 3.05) is 18.5 Å². The fourth-order valence-corrected chi connectivity index (χ4v) is 2.55. The van der Waals surface area contributed by atoms with Crippen LogP contribution < -0.4 is 5.32 Å². The molecule has 0 aliphatic carbocycles. The lowest BCUT2D eigenvalue weighted by atomic mass is 10.1. The number of esters is 2. The van der Waals surface area contributed by atoms with Crippen molar-refractivity contribution in [3.8, 4) is 0 Å². The van der Waals surface area contributed by atoms with Crippen LogP contribution in [0.3, 0.4) is 0 Å². The lowest BCUT2D eigenvalue weighted by molar-refractivity contribution is -0.384. The maximum Gasteiger partial charge on any atom is 0.338 e. The Balaban J connectivity index is 2.08. The van der Waals surface area contributed by atoms with E-state index >= 15 is 0 Å². The lowest BCUT2D eigenvalue weighted by Crippen LogP contribution is -2.21. The number of carbonyl (C=O) groups is 3. The summed E-state index contributed by atoms with van der Waals surface area (Å²) in [4.78, 5) is 46.4.